The van der Waals surface area contributed by atoms with Gasteiger partial charge in [-0.15, -0.1) is 0 Å². The Labute approximate surface area is 230 Å². The SMILES string of the molecule is CCOC(=O)C1CCCN(c2ccc(NC(=O)C3CC(OC)CN3C(=O)N(Cl)c3ccccc3)c(F)c2)C1=O. The molecule has 0 saturated carbocycles. The third kappa shape index (κ3) is 6.15. The first-order chi connectivity index (χ1) is 18.7. The second kappa shape index (κ2) is 12.4. The minimum Gasteiger partial charge on any atom is -0.465 e. The first kappa shape index (κ1) is 28.3. The number of hydrogen-bond donors (Lipinski definition) is 1. The van der Waals surface area contributed by atoms with Gasteiger partial charge in [0.2, 0.25) is 11.8 Å². The number of urea groups is 1. The molecule has 0 aromatic heterocycles. The van der Waals surface area contributed by atoms with Gasteiger partial charge in [-0.05, 0) is 50.1 Å². The zero-order valence-corrected chi connectivity index (χ0v) is 22.4. The molecule has 10 nitrogen and oxygen atoms in total. The van der Waals surface area contributed by atoms with Crippen LogP contribution in [0.4, 0.5) is 26.2 Å². The molecule has 3 unspecified atom stereocenters. The molecule has 208 valence electrons. The number of para-hydroxylation sites is 1. The summed E-state index contributed by atoms with van der Waals surface area (Å²) in [6.45, 7) is 2.28. The van der Waals surface area contributed by atoms with Crippen LogP contribution in [0.1, 0.15) is 26.2 Å². The van der Waals surface area contributed by atoms with Crippen molar-refractivity contribution in [3.8, 4) is 0 Å². The topological polar surface area (TPSA) is 108 Å². The number of nitrogens with zero attached hydrogens (tertiary/aromatic N) is 3. The first-order valence-corrected chi connectivity index (χ1v) is 13.0. The van der Waals surface area contributed by atoms with Gasteiger partial charge in [0.25, 0.3) is 0 Å². The van der Waals surface area contributed by atoms with E-state index in [4.69, 9.17) is 21.3 Å². The van der Waals surface area contributed by atoms with Crippen LogP contribution in [0, 0.1) is 11.7 Å². The highest BCUT2D eigenvalue weighted by Gasteiger charge is 2.42. The Morgan fingerprint density at radius 2 is 1.92 bits per heavy atom. The third-order valence-electron chi connectivity index (χ3n) is 6.83. The zero-order valence-electron chi connectivity index (χ0n) is 21.6. The van der Waals surface area contributed by atoms with Gasteiger partial charge < -0.3 is 24.6 Å². The molecule has 0 aliphatic carbocycles. The average molecular weight is 561 g/mol. The molecule has 3 atom stereocenters. The summed E-state index contributed by atoms with van der Waals surface area (Å²) in [6, 6.07) is 10.9. The van der Waals surface area contributed by atoms with Crippen LogP contribution in [0.15, 0.2) is 48.5 Å². The fourth-order valence-corrected chi connectivity index (χ4v) is 5.00. The van der Waals surface area contributed by atoms with Gasteiger partial charge in [-0.2, -0.15) is 0 Å². The molecule has 39 heavy (non-hydrogen) atoms. The number of ether oxygens (including phenoxy) is 2. The molecule has 12 heteroatoms. The Bertz CT molecular complexity index is 1230. The number of halogens is 2. The van der Waals surface area contributed by atoms with Crippen LogP contribution in [-0.2, 0) is 23.9 Å². The standard InChI is InChI=1S/C27H30ClFN4O6/c1-3-39-26(36)20-10-7-13-31(25(20)35)18-11-12-22(21(29)14-18)30-24(34)23-15-19(38-2)16-32(23)27(37)33(28)17-8-5-4-6-9-17/h4-6,8-9,11-12,14,19-20,23H,3,7,10,13,15-16H2,1-2H3,(H,30,34). The number of rotatable bonds is 7. The van der Waals surface area contributed by atoms with E-state index in [0.29, 0.717) is 25.1 Å². The van der Waals surface area contributed by atoms with Crippen LogP contribution in [0.25, 0.3) is 0 Å². The molecule has 2 aliphatic heterocycles. The molecule has 0 radical (unpaired) electrons. The van der Waals surface area contributed by atoms with Crippen LogP contribution < -0.4 is 14.6 Å². The van der Waals surface area contributed by atoms with Crippen molar-refractivity contribution in [2.75, 3.05) is 41.4 Å². The second-order valence-corrected chi connectivity index (χ2v) is 9.59. The van der Waals surface area contributed by atoms with E-state index in [2.05, 4.69) is 5.32 Å². The normalized spacial score (nSPS) is 21.0. The van der Waals surface area contributed by atoms with E-state index in [0.717, 1.165) is 10.5 Å². The lowest BCUT2D eigenvalue weighted by Gasteiger charge is -2.31. The first-order valence-electron chi connectivity index (χ1n) is 12.7. The predicted octanol–water partition coefficient (Wildman–Crippen LogP) is 3.94. The third-order valence-corrected chi connectivity index (χ3v) is 7.17. The monoisotopic (exact) mass is 560 g/mol. The number of hydrogen-bond acceptors (Lipinski definition) is 6. The maximum atomic E-state index is 15.1. The summed E-state index contributed by atoms with van der Waals surface area (Å²) in [5.74, 6) is -3.36. The number of benzene rings is 2. The highest BCUT2D eigenvalue weighted by atomic mass is 35.5. The van der Waals surface area contributed by atoms with Crippen LogP contribution in [-0.4, -0.2) is 67.7 Å². The summed E-state index contributed by atoms with van der Waals surface area (Å²) < 4.78 is 26.4. The van der Waals surface area contributed by atoms with Crippen LogP contribution >= 0.6 is 11.8 Å². The Hall–Kier alpha value is -3.70. The molecule has 2 aliphatic rings. The number of piperidine rings is 1. The fraction of sp³-hybridized carbons (Fsp3) is 0.407. The number of likely N-dealkylation sites (tertiary alicyclic amines) is 1. The van der Waals surface area contributed by atoms with Gasteiger partial charge in [0.05, 0.1) is 24.1 Å². The van der Waals surface area contributed by atoms with Gasteiger partial charge in [-0.25, -0.2) is 13.6 Å². The van der Waals surface area contributed by atoms with Gasteiger partial charge in [0.1, 0.15) is 17.8 Å². The lowest BCUT2D eigenvalue weighted by Crippen LogP contribution is -2.47. The number of esters is 1. The molecule has 0 bridgehead atoms. The molecule has 2 aromatic carbocycles. The maximum Gasteiger partial charge on any atom is 0.340 e. The highest BCUT2D eigenvalue weighted by Crippen LogP contribution is 2.30. The van der Waals surface area contributed by atoms with Gasteiger partial charge in [-0.1, -0.05) is 18.2 Å². The van der Waals surface area contributed by atoms with Crippen molar-refractivity contribution < 1.29 is 33.0 Å². The van der Waals surface area contributed by atoms with E-state index in [-0.39, 0.29) is 30.9 Å². The summed E-state index contributed by atoms with van der Waals surface area (Å²) in [5.41, 5.74) is 0.583. The number of anilines is 3. The smallest absolute Gasteiger partial charge is 0.340 e. The molecule has 2 aromatic rings. The summed E-state index contributed by atoms with van der Waals surface area (Å²) in [6.07, 6.45) is 0.719. The van der Waals surface area contributed by atoms with Crippen molar-refractivity contribution in [1.29, 1.82) is 0 Å². The Morgan fingerprint density at radius 1 is 1.18 bits per heavy atom. The van der Waals surface area contributed by atoms with Crippen molar-refractivity contribution in [1.82, 2.24) is 4.90 Å². The molecule has 2 heterocycles. The highest BCUT2D eigenvalue weighted by molar-refractivity contribution is 6.36. The lowest BCUT2D eigenvalue weighted by molar-refractivity contribution is -0.152. The van der Waals surface area contributed by atoms with Crippen LogP contribution in [0.2, 0.25) is 0 Å². The molecular formula is C27H30ClFN4O6. The summed E-state index contributed by atoms with van der Waals surface area (Å²) in [4.78, 5) is 54.0. The van der Waals surface area contributed by atoms with Crippen LogP contribution in [0.5, 0.6) is 0 Å². The van der Waals surface area contributed by atoms with E-state index in [1.54, 1.807) is 37.3 Å². The van der Waals surface area contributed by atoms with Crippen molar-refractivity contribution in [2.24, 2.45) is 5.92 Å². The summed E-state index contributed by atoms with van der Waals surface area (Å²) in [7, 11) is 1.48. The lowest BCUT2D eigenvalue weighted by atomic mass is 9.96. The van der Waals surface area contributed by atoms with Gasteiger partial charge in [0.15, 0.2) is 0 Å². The minimum absolute atomic E-state index is 0.116. The zero-order chi connectivity index (χ0) is 28.1. The summed E-state index contributed by atoms with van der Waals surface area (Å²) >= 11 is 6.28. The molecule has 2 saturated heterocycles. The van der Waals surface area contributed by atoms with Gasteiger partial charge >= 0.3 is 12.0 Å². The molecule has 0 spiro atoms. The van der Waals surface area contributed by atoms with Gasteiger partial charge in [0, 0.05) is 44.1 Å². The van der Waals surface area contributed by atoms with Crippen LogP contribution in [0.3, 0.4) is 0 Å². The molecule has 4 amide bonds. The fourth-order valence-electron chi connectivity index (χ4n) is 4.79. The van der Waals surface area contributed by atoms with E-state index in [1.165, 1.54) is 29.0 Å². The average Bonchev–Trinajstić information content (AvgIpc) is 3.39. The summed E-state index contributed by atoms with van der Waals surface area (Å²) in [5, 5.41) is 2.54. The number of carbonyl (C=O) groups is 4. The largest absolute Gasteiger partial charge is 0.465 e. The van der Waals surface area contributed by atoms with E-state index < -0.39 is 47.7 Å². The van der Waals surface area contributed by atoms with Crippen molar-refractivity contribution >= 4 is 52.7 Å². The Balaban J connectivity index is 1.48. The second-order valence-electron chi connectivity index (χ2n) is 9.25. The molecular weight excluding hydrogens is 531 g/mol. The van der Waals surface area contributed by atoms with Crippen molar-refractivity contribution in [3.05, 3.63) is 54.3 Å². The van der Waals surface area contributed by atoms with E-state index in [1.807, 2.05) is 0 Å². The van der Waals surface area contributed by atoms with Crippen molar-refractivity contribution in [2.45, 2.75) is 38.3 Å². The number of nitrogens with one attached hydrogen (secondary N) is 1. The van der Waals surface area contributed by atoms with Crippen molar-refractivity contribution in [3.63, 3.8) is 0 Å². The maximum absolute atomic E-state index is 15.1. The number of carbonyl (C=O) groups excluding carboxylic acids is 4. The Morgan fingerprint density at radius 3 is 2.59 bits per heavy atom. The number of amides is 4. The van der Waals surface area contributed by atoms with E-state index >= 15 is 4.39 Å². The number of methoxy groups -OCH3 is 1. The van der Waals surface area contributed by atoms with E-state index in [9.17, 15) is 19.2 Å². The quantitative estimate of drug-likeness (QED) is 0.312. The molecule has 4 rings (SSSR count). The van der Waals surface area contributed by atoms with Gasteiger partial charge in [-0.3, -0.25) is 14.4 Å². The molecule has 2 fully saturated rings. The Kier molecular flexibility index (Phi) is 9.03. The minimum atomic E-state index is -0.958. The predicted molar refractivity (Wildman–Crippen MR) is 143 cm³/mol. The molecule has 1 N–H and O–H groups in total.